The summed E-state index contributed by atoms with van der Waals surface area (Å²) in [5, 5.41) is 15.6. The third-order valence-corrected chi connectivity index (χ3v) is 5.57. The maximum atomic E-state index is 10.9. The topological polar surface area (TPSA) is 125 Å². The summed E-state index contributed by atoms with van der Waals surface area (Å²) >= 11 is 5.90. The molecule has 10 heteroatoms. The van der Waals surface area contributed by atoms with Gasteiger partial charge in [0.05, 0.1) is 12.7 Å². The highest BCUT2D eigenvalue weighted by Crippen LogP contribution is 2.29. The van der Waals surface area contributed by atoms with Gasteiger partial charge in [-0.05, 0) is 43.4 Å². The molecule has 0 amide bonds. The van der Waals surface area contributed by atoms with Crippen molar-refractivity contribution >= 4 is 21.9 Å². The number of ether oxygens (including phenoxy) is 1. The molecule has 0 spiro atoms. The molecule has 158 valence electrons. The molecule has 2 aromatic rings. The van der Waals surface area contributed by atoms with Crippen LogP contribution in [-0.4, -0.2) is 42.3 Å². The van der Waals surface area contributed by atoms with E-state index in [2.05, 4.69) is 14.2 Å². The van der Waals surface area contributed by atoms with Gasteiger partial charge in [-0.3, -0.25) is 4.18 Å². The average Bonchev–Trinajstić information content (AvgIpc) is 3.01. The number of aliphatic hydroxyl groups is 1. The van der Waals surface area contributed by atoms with Gasteiger partial charge in [0.15, 0.2) is 0 Å². The fourth-order valence-electron chi connectivity index (χ4n) is 3.38. The summed E-state index contributed by atoms with van der Waals surface area (Å²) in [5.41, 5.74) is 2.09. The SMILES string of the molecule is NS(=O)(=O)OC[C@@H]1C[C@@H](Oc2cc(CCCc3ccc(Cl)cc3)ncn2)C[C@@H]1O. The van der Waals surface area contributed by atoms with Gasteiger partial charge in [0.2, 0.25) is 5.88 Å². The van der Waals surface area contributed by atoms with E-state index in [0.717, 1.165) is 30.0 Å². The van der Waals surface area contributed by atoms with Gasteiger partial charge >= 0.3 is 10.3 Å². The lowest BCUT2D eigenvalue weighted by Crippen LogP contribution is -2.24. The van der Waals surface area contributed by atoms with Crippen molar-refractivity contribution in [3.8, 4) is 5.88 Å². The number of aliphatic hydroxyl groups excluding tert-OH is 1. The zero-order valence-electron chi connectivity index (χ0n) is 15.8. The Labute approximate surface area is 175 Å². The van der Waals surface area contributed by atoms with Gasteiger partial charge in [0.1, 0.15) is 12.4 Å². The van der Waals surface area contributed by atoms with Gasteiger partial charge in [0.25, 0.3) is 0 Å². The van der Waals surface area contributed by atoms with Crippen molar-refractivity contribution in [3.63, 3.8) is 0 Å². The number of rotatable bonds is 9. The molecule has 1 aliphatic rings. The van der Waals surface area contributed by atoms with Gasteiger partial charge in [-0.25, -0.2) is 15.1 Å². The van der Waals surface area contributed by atoms with Crippen LogP contribution in [0.1, 0.15) is 30.5 Å². The molecular formula is C19H24ClN3O5S. The molecule has 29 heavy (non-hydrogen) atoms. The number of hydrogen-bond acceptors (Lipinski definition) is 7. The number of aromatic nitrogens is 2. The highest BCUT2D eigenvalue weighted by molar-refractivity contribution is 7.84. The predicted molar refractivity (Wildman–Crippen MR) is 108 cm³/mol. The van der Waals surface area contributed by atoms with Crippen LogP contribution in [0.2, 0.25) is 5.02 Å². The zero-order valence-corrected chi connectivity index (χ0v) is 17.3. The number of aryl methyl sites for hydroxylation is 2. The van der Waals surface area contributed by atoms with Gasteiger partial charge in [0, 0.05) is 29.1 Å². The number of benzene rings is 1. The van der Waals surface area contributed by atoms with Crippen LogP contribution >= 0.6 is 11.6 Å². The van der Waals surface area contributed by atoms with Crippen molar-refractivity contribution in [3.05, 3.63) is 52.9 Å². The molecule has 0 aliphatic heterocycles. The van der Waals surface area contributed by atoms with Crippen LogP contribution in [0.5, 0.6) is 5.88 Å². The van der Waals surface area contributed by atoms with Gasteiger partial charge in [-0.15, -0.1) is 0 Å². The van der Waals surface area contributed by atoms with Crippen molar-refractivity contribution in [1.82, 2.24) is 9.97 Å². The third-order valence-electron chi connectivity index (χ3n) is 4.86. The zero-order chi connectivity index (χ0) is 20.9. The first-order valence-corrected chi connectivity index (χ1v) is 11.2. The van der Waals surface area contributed by atoms with E-state index in [-0.39, 0.29) is 18.6 Å². The molecule has 1 saturated carbocycles. The molecule has 1 fully saturated rings. The Hall–Kier alpha value is -1.78. The second kappa shape index (κ2) is 9.82. The summed E-state index contributed by atoms with van der Waals surface area (Å²) < 4.78 is 32.3. The van der Waals surface area contributed by atoms with Crippen molar-refractivity contribution < 1.29 is 22.4 Å². The Morgan fingerprint density at radius 1 is 1.17 bits per heavy atom. The molecule has 1 aromatic carbocycles. The second-order valence-electron chi connectivity index (χ2n) is 7.14. The number of hydrogen-bond donors (Lipinski definition) is 2. The molecule has 3 N–H and O–H groups in total. The molecule has 0 saturated heterocycles. The number of nitrogens with zero attached hydrogens (tertiary/aromatic N) is 2. The molecular weight excluding hydrogens is 418 g/mol. The molecule has 3 atom stereocenters. The summed E-state index contributed by atoms with van der Waals surface area (Å²) in [5.74, 6) is 0.0747. The van der Waals surface area contributed by atoms with Crippen LogP contribution < -0.4 is 9.88 Å². The van der Waals surface area contributed by atoms with E-state index in [9.17, 15) is 13.5 Å². The Morgan fingerprint density at radius 3 is 2.66 bits per heavy atom. The first-order valence-electron chi connectivity index (χ1n) is 9.36. The van der Waals surface area contributed by atoms with Crippen molar-refractivity contribution in [2.24, 2.45) is 11.1 Å². The van der Waals surface area contributed by atoms with Crippen molar-refractivity contribution in [1.29, 1.82) is 0 Å². The smallest absolute Gasteiger partial charge is 0.333 e. The van der Waals surface area contributed by atoms with E-state index in [1.807, 2.05) is 24.3 Å². The Kier molecular flexibility index (Phi) is 7.42. The quantitative estimate of drug-likeness (QED) is 0.609. The van der Waals surface area contributed by atoms with E-state index in [1.54, 1.807) is 6.07 Å². The Morgan fingerprint density at radius 2 is 1.93 bits per heavy atom. The number of nitrogens with two attached hydrogens (primary N) is 1. The summed E-state index contributed by atoms with van der Waals surface area (Å²) in [4.78, 5) is 8.42. The minimum atomic E-state index is -4.03. The van der Waals surface area contributed by atoms with Gasteiger partial charge in [-0.1, -0.05) is 23.7 Å². The fourth-order valence-corrected chi connectivity index (χ4v) is 3.87. The molecule has 0 radical (unpaired) electrons. The molecule has 8 nitrogen and oxygen atoms in total. The van der Waals surface area contributed by atoms with Crippen LogP contribution in [0.15, 0.2) is 36.7 Å². The van der Waals surface area contributed by atoms with Crippen LogP contribution in [0, 0.1) is 5.92 Å². The normalized spacial score (nSPS) is 22.0. The standard InChI is InChI=1S/C19H24ClN3O5S/c20-15-6-4-13(5-7-15)2-1-3-16-9-19(23-12-22-16)28-17-8-14(18(24)10-17)11-27-29(21,25)26/h4-7,9,12,14,17-18,24H,1-3,8,10-11H2,(H2,21,25,26)/t14-,17+,18-/m0/s1. The second-order valence-corrected chi connectivity index (χ2v) is 8.80. The van der Waals surface area contributed by atoms with Crippen molar-refractivity contribution in [2.45, 2.75) is 44.3 Å². The van der Waals surface area contributed by atoms with Crippen LogP contribution in [-0.2, 0) is 27.3 Å². The lowest BCUT2D eigenvalue weighted by molar-refractivity contribution is 0.0986. The Bertz CT molecular complexity index is 910. The minimum Gasteiger partial charge on any atom is -0.474 e. The molecule has 1 heterocycles. The van der Waals surface area contributed by atoms with E-state index >= 15 is 0 Å². The minimum absolute atomic E-state index is 0.167. The van der Waals surface area contributed by atoms with E-state index in [0.29, 0.717) is 18.7 Å². The maximum absolute atomic E-state index is 10.9. The summed E-state index contributed by atoms with van der Waals surface area (Å²) in [6.45, 7) is -0.167. The van der Waals surface area contributed by atoms with Crippen LogP contribution in [0.3, 0.4) is 0 Å². The van der Waals surface area contributed by atoms with Crippen LogP contribution in [0.4, 0.5) is 0 Å². The molecule has 1 aliphatic carbocycles. The first kappa shape index (κ1) is 21.9. The Balaban J connectivity index is 1.48. The van der Waals surface area contributed by atoms with Gasteiger partial charge in [-0.2, -0.15) is 8.42 Å². The molecule has 1 aromatic heterocycles. The highest BCUT2D eigenvalue weighted by Gasteiger charge is 2.35. The van der Waals surface area contributed by atoms with Crippen molar-refractivity contribution in [2.75, 3.05) is 6.61 Å². The molecule has 0 bridgehead atoms. The molecule has 0 unspecified atom stereocenters. The lowest BCUT2D eigenvalue weighted by Gasteiger charge is -2.13. The third kappa shape index (κ3) is 7.20. The summed E-state index contributed by atoms with van der Waals surface area (Å²) in [7, 11) is -4.03. The molecule has 3 rings (SSSR count). The average molecular weight is 442 g/mol. The summed E-state index contributed by atoms with van der Waals surface area (Å²) in [6, 6.07) is 9.58. The van der Waals surface area contributed by atoms with E-state index in [1.165, 1.54) is 11.9 Å². The van der Waals surface area contributed by atoms with Crippen LogP contribution in [0.25, 0.3) is 0 Å². The monoisotopic (exact) mass is 441 g/mol. The lowest BCUT2D eigenvalue weighted by atomic mass is 10.1. The van der Waals surface area contributed by atoms with E-state index in [4.69, 9.17) is 21.5 Å². The predicted octanol–water partition coefficient (Wildman–Crippen LogP) is 2.04. The first-order chi connectivity index (χ1) is 13.8. The number of halogens is 1. The van der Waals surface area contributed by atoms with Gasteiger partial charge < -0.3 is 9.84 Å². The summed E-state index contributed by atoms with van der Waals surface area (Å²) in [6.07, 6.45) is 3.89. The highest BCUT2D eigenvalue weighted by atomic mass is 35.5. The largest absolute Gasteiger partial charge is 0.474 e. The van der Waals surface area contributed by atoms with E-state index < -0.39 is 16.4 Å². The maximum Gasteiger partial charge on any atom is 0.333 e. The fraction of sp³-hybridized carbons (Fsp3) is 0.474.